The molecule has 1 fully saturated rings. The molecular weight excluding hydrogens is 322 g/mol. The molecule has 1 aliphatic rings. The molecule has 132 valence electrons. The number of β-lactam (4-membered cyclic amide) rings is 1. The Morgan fingerprint density at radius 3 is 2.58 bits per heavy atom. The van der Waals surface area contributed by atoms with Gasteiger partial charge < -0.3 is 4.74 Å². The highest BCUT2D eigenvalue weighted by atomic mass is 28.3. The molecule has 24 heavy (non-hydrogen) atoms. The van der Waals surface area contributed by atoms with Gasteiger partial charge in [-0.1, -0.05) is 50.0 Å². The molecular formula is C18H27NO4Si. The standard InChI is InChI=1S/C18H27NO4Si/c1-24(2,3)12-11-22-18(21)10-9-16-13-17(20)19(16)23-14-15-7-5-4-6-8-15/h4-8,16H,9-14H2,1-3H3. The Kier molecular flexibility index (Phi) is 6.57. The van der Waals surface area contributed by atoms with Crippen molar-refractivity contribution in [1.82, 2.24) is 5.06 Å². The largest absolute Gasteiger partial charge is 0.466 e. The van der Waals surface area contributed by atoms with Gasteiger partial charge in [-0.3, -0.25) is 14.4 Å². The molecule has 1 unspecified atom stereocenters. The summed E-state index contributed by atoms with van der Waals surface area (Å²) in [5.41, 5.74) is 1.02. The van der Waals surface area contributed by atoms with Gasteiger partial charge in [-0.15, -0.1) is 0 Å². The zero-order valence-electron chi connectivity index (χ0n) is 14.8. The first kappa shape index (κ1) is 18.7. The Balaban J connectivity index is 1.67. The lowest BCUT2D eigenvalue weighted by molar-refractivity contribution is -0.234. The van der Waals surface area contributed by atoms with E-state index in [1.807, 2.05) is 30.3 Å². The summed E-state index contributed by atoms with van der Waals surface area (Å²) in [4.78, 5) is 29.1. The number of hydroxylamine groups is 2. The predicted octanol–water partition coefficient (Wildman–Crippen LogP) is 3.38. The summed E-state index contributed by atoms with van der Waals surface area (Å²) in [5, 5.41) is 1.41. The van der Waals surface area contributed by atoms with Gasteiger partial charge in [0.1, 0.15) is 6.61 Å². The number of rotatable bonds is 9. The van der Waals surface area contributed by atoms with E-state index >= 15 is 0 Å². The molecule has 1 aliphatic heterocycles. The van der Waals surface area contributed by atoms with E-state index in [1.165, 1.54) is 5.06 Å². The van der Waals surface area contributed by atoms with E-state index in [4.69, 9.17) is 9.57 Å². The first-order chi connectivity index (χ1) is 11.3. The van der Waals surface area contributed by atoms with Crippen molar-refractivity contribution in [3.05, 3.63) is 35.9 Å². The van der Waals surface area contributed by atoms with Crippen LogP contribution < -0.4 is 0 Å². The molecule has 1 saturated heterocycles. The zero-order valence-corrected chi connectivity index (χ0v) is 15.8. The van der Waals surface area contributed by atoms with Gasteiger partial charge in [0.25, 0.3) is 0 Å². The maximum Gasteiger partial charge on any atom is 0.305 e. The number of ether oxygens (including phenoxy) is 1. The van der Waals surface area contributed by atoms with Crippen molar-refractivity contribution in [3.8, 4) is 0 Å². The molecule has 1 amide bonds. The summed E-state index contributed by atoms with van der Waals surface area (Å²) < 4.78 is 5.28. The fourth-order valence-electron chi connectivity index (χ4n) is 2.41. The summed E-state index contributed by atoms with van der Waals surface area (Å²) in [6.45, 7) is 7.63. The van der Waals surface area contributed by atoms with Crippen LogP contribution in [0.2, 0.25) is 25.7 Å². The highest BCUT2D eigenvalue weighted by Crippen LogP contribution is 2.25. The zero-order chi connectivity index (χ0) is 17.6. The van der Waals surface area contributed by atoms with Crippen LogP contribution in [0.3, 0.4) is 0 Å². The highest BCUT2D eigenvalue weighted by Gasteiger charge is 2.37. The van der Waals surface area contributed by atoms with Crippen molar-refractivity contribution in [2.75, 3.05) is 6.61 Å². The second-order valence-corrected chi connectivity index (χ2v) is 13.0. The Bertz CT molecular complexity index is 556. The number of carbonyl (C=O) groups is 2. The monoisotopic (exact) mass is 349 g/mol. The van der Waals surface area contributed by atoms with Crippen molar-refractivity contribution < 1.29 is 19.2 Å². The first-order valence-electron chi connectivity index (χ1n) is 8.50. The van der Waals surface area contributed by atoms with Crippen molar-refractivity contribution in [3.63, 3.8) is 0 Å². The number of nitrogens with zero attached hydrogens (tertiary/aromatic N) is 1. The molecule has 0 bridgehead atoms. The molecule has 0 aliphatic carbocycles. The van der Waals surface area contributed by atoms with Crippen molar-refractivity contribution in [1.29, 1.82) is 0 Å². The van der Waals surface area contributed by atoms with Gasteiger partial charge in [0.05, 0.1) is 19.1 Å². The molecule has 1 aromatic rings. The molecule has 0 saturated carbocycles. The van der Waals surface area contributed by atoms with Gasteiger partial charge in [0.15, 0.2) is 0 Å². The number of benzene rings is 1. The Labute approximate surface area is 144 Å². The van der Waals surface area contributed by atoms with Gasteiger partial charge >= 0.3 is 5.97 Å². The van der Waals surface area contributed by atoms with Gasteiger partial charge in [-0.25, -0.2) is 5.06 Å². The van der Waals surface area contributed by atoms with Crippen LogP contribution in [-0.2, 0) is 25.8 Å². The predicted molar refractivity (Wildman–Crippen MR) is 94.8 cm³/mol. The van der Waals surface area contributed by atoms with E-state index in [-0.39, 0.29) is 17.9 Å². The van der Waals surface area contributed by atoms with Gasteiger partial charge in [-0.05, 0) is 18.0 Å². The number of hydrogen-bond acceptors (Lipinski definition) is 4. The van der Waals surface area contributed by atoms with Crippen LogP contribution in [0, 0.1) is 0 Å². The van der Waals surface area contributed by atoms with Gasteiger partial charge in [0, 0.05) is 14.5 Å². The summed E-state index contributed by atoms with van der Waals surface area (Å²) in [5.74, 6) is -0.210. The first-order valence-corrected chi connectivity index (χ1v) is 12.2. The van der Waals surface area contributed by atoms with Crippen LogP contribution >= 0.6 is 0 Å². The fourth-order valence-corrected chi connectivity index (χ4v) is 3.12. The van der Waals surface area contributed by atoms with Gasteiger partial charge in [0.2, 0.25) is 5.91 Å². The molecule has 1 heterocycles. The van der Waals surface area contributed by atoms with E-state index in [9.17, 15) is 9.59 Å². The molecule has 0 spiro atoms. The normalized spacial score (nSPS) is 17.5. The molecule has 5 nitrogen and oxygen atoms in total. The van der Waals surface area contributed by atoms with Crippen molar-refractivity contribution >= 4 is 20.0 Å². The van der Waals surface area contributed by atoms with Crippen LogP contribution in [0.5, 0.6) is 0 Å². The second kappa shape index (κ2) is 8.44. The van der Waals surface area contributed by atoms with Crippen LogP contribution in [0.1, 0.15) is 24.8 Å². The smallest absolute Gasteiger partial charge is 0.305 e. The minimum Gasteiger partial charge on any atom is -0.466 e. The average Bonchev–Trinajstić information content (AvgIpc) is 2.51. The molecule has 2 rings (SSSR count). The quantitative estimate of drug-likeness (QED) is 0.390. The molecule has 0 N–H and O–H groups in total. The van der Waals surface area contributed by atoms with Crippen LogP contribution in [0.25, 0.3) is 0 Å². The summed E-state index contributed by atoms with van der Waals surface area (Å²) in [6, 6.07) is 10.7. The van der Waals surface area contributed by atoms with Crippen molar-refractivity contribution in [2.24, 2.45) is 0 Å². The highest BCUT2D eigenvalue weighted by molar-refractivity contribution is 6.76. The summed E-state index contributed by atoms with van der Waals surface area (Å²) in [7, 11) is -1.18. The summed E-state index contributed by atoms with van der Waals surface area (Å²) >= 11 is 0. The maximum atomic E-state index is 11.8. The third-order valence-corrected chi connectivity index (χ3v) is 5.70. The lowest BCUT2D eigenvalue weighted by Gasteiger charge is -2.38. The lowest BCUT2D eigenvalue weighted by Crippen LogP contribution is -2.52. The molecule has 6 heteroatoms. The van der Waals surface area contributed by atoms with Crippen LogP contribution in [-0.4, -0.2) is 37.7 Å². The lowest BCUT2D eigenvalue weighted by atomic mass is 10.0. The molecule has 1 atom stereocenters. The van der Waals surface area contributed by atoms with E-state index in [0.717, 1.165) is 11.6 Å². The SMILES string of the molecule is C[Si](C)(C)CCOC(=O)CCC1CC(=O)N1OCc1ccccc1. The topological polar surface area (TPSA) is 55.8 Å². The van der Waals surface area contributed by atoms with Crippen LogP contribution in [0.15, 0.2) is 30.3 Å². The number of amides is 1. The van der Waals surface area contributed by atoms with Crippen LogP contribution in [0.4, 0.5) is 0 Å². The third-order valence-electron chi connectivity index (χ3n) is 4.00. The Morgan fingerprint density at radius 1 is 1.25 bits per heavy atom. The fraction of sp³-hybridized carbons (Fsp3) is 0.556. The Hall–Kier alpha value is -1.66. The second-order valence-electron chi connectivity index (χ2n) is 7.41. The number of carbonyl (C=O) groups excluding carboxylic acids is 2. The van der Waals surface area contributed by atoms with E-state index in [1.54, 1.807) is 0 Å². The number of esters is 1. The van der Waals surface area contributed by atoms with E-state index in [0.29, 0.717) is 32.5 Å². The third kappa shape index (κ3) is 6.09. The average molecular weight is 350 g/mol. The molecule has 0 aromatic heterocycles. The summed E-state index contributed by atoms with van der Waals surface area (Å²) in [6.07, 6.45) is 1.36. The minimum absolute atomic E-state index is 0.0225. The maximum absolute atomic E-state index is 11.8. The Morgan fingerprint density at radius 2 is 1.96 bits per heavy atom. The minimum atomic E-state index is -1.18. The molecule has 1 aromatic carbocycles. The van der Waals surface area contributed by atoms with E-state index < -0.39 is 8.07 Å². The van der Waals surface area contributed by atoms with E-state index in [2.05, 4.69) is 19.6 Å². The van der Waals surface area contributed by atoms with Gasteiger partial charge in [-0.2, -0.15) is 0 Å². The number of hydrogen-bond donors (Lipinski definition) is 0. The molecule has 0 radical (unpaired) electrons. The van der Waals surface area contributed by atoms with Crippen molar-refractivity contribution in [2.45, 2.75) is 57.6 Å².